The lowest BCUT2D eigenvalue weighted by molar-refractivity contribution is -0.117. The van der Waals surface area contributed by atoms with E-state index >= 15 is 0 Å². The van der Waals surface area contributed by atoms with Crippen LogP contribution in [0.25, 0.3) is 5.69 Å². The van der Waals surface area contributed by atoms with Gasteiger partial charge >= 0.3 is 0 Å². The zero-order valence-electron chi connectivity index (χ0n) is 15.3. The molecule has 142 valence electrons. The van der Waals surface area contributed by atoms with E-state index < -0.39 is 0 Å². The lowest BCUT2D eigenvalue weighted by atomic mass is 10.2. The number of thioether (sulfide) groups is 1. The summed E-state index contributed by atoms with van der Waals surface area (Å²) in [5.74, 6) is 0.00903. The minimum absolute atomic E-state index is 0.0856. The molecule has 0 saturated heterocycles. The third-order valence-corrected chi connectivity index (χ3v) is 5.28. The van der Waals surface area contributed by atoms with Crippen LogP contribution in [0.2, 0.25) is 0 Å². The van der Waals surface area contributed by atoms with Crippen molar-refractivity contribution in [1.29, 1.82) is 0 Å². The Bertz CT molecular complexity index is 1000. The summed E-state index contributed by atoms with van der Waals surface area (Å²) in [6.45, 7) is 1.88. The molecule has 2 heterocycles. The van der Waals surface area contributed by atoms with Crippen molar-refractivity contribution < 1.29 is 9.59 Å². The lowest BCUT2D eigenvalue weighted by Crippen LogP contribution is -2.40. The van der Waals surface area contributed by atoms with Crippen molar-refractivity contribution in [3.63, 3.8) is 0 Å². The van der Waals surface area contributed by atoms with Crippen LogP contribution in [0.4, 0.5) is 11.4 Å². The quantitative estimate of drug-likeness (QED) is 0.689. The molecule has 1 aliphatic rings. The van der Waals surface area contributed by atoms with E-state index in [1.807, 2.05) is 61.5 Å². The van der Waals surface area contributed by atoms with E-state index in [0.29, 0.717) is 16.5 Å². The summed E-state index contributed by atoms with van der Waals surface area (Å²) in [6.07, 6.45) is 1.89. The first kappa shape index (κ1) is 18.2. The van der Waals surface area contributed by atoms with Crippen LogP contribution in [-0.2, 0) is 9.59 Å². The Morgan fingerprint density at radius 2 is 1.93 bits per heavy atom. The van der Waals surface area contributed by atoms with Crippen molar-refractivity contribution >= 4 is 35.0 Å². The van der Waals surface area contributed by atoms with Crippen LogP contribution >= 0.6 is 11.8 Å². The minimum atomic E-state index is -0.230. The highest BCUT2D eigenvalue weighted by Crippen LogP contribution is 2.32. The Labute approximate surface area is 166 Å². The minimum Gasteiger partial charge on any atom is -0.324 e. The van der Waals surface area contributed by atoms with Gasteiger partial charge in [-0.1, -0.05) is 42.1 Å². The monoisotopic (exact) mass is 393 g/mol. The van der Waals surface area contributed by atoms with E-state index in [1.54, 1.807) is 15.9 Å². The van der Waals surface area contributed by atoms with Gasteiger partial charge in [0.1, 0.15) is 6.33 Å². The summed E-state index contributed by atoms with van der Waals surface area (Å²) in [5.41, 5.74) is 2.28. The molecule has 1 aromatic heterocycles. The number of carbonyl (C=O) groups excluding carboxylic acids is 2. The Hall–Kier alpha value is -3.13. The molecule has 0 bridgehead atoms. The van der Waals surface area contributed by atoms with Gasteiger partial charge in [0.25, 0.3) is 0 Å². The average Bonchev–Trinajstić information content (AvgIpc) is 3.12. The molecule has 0 radical (unpaired) electrons. The summed E-state index contributed by atoms with van der Waals surface area (Å²) in [6, 6.07) is 16.8. The van der Waals surface area contributed by atoms with E-state index in [4.69, 9.17) is 0 Å². The van der Waals surface area contributed by atoms with Crippen molar-refractivity contribution in [2.45, 2.75) is 24.5 Å². The van der Waals surface area contributed by atoms with Crippen LogP contribution in [0, 0.1) is 0 Å². The van der Waals surface area contributed by atoms with Gasteiger partial charge in [0, 0.05) is 12.5 Å². The van der Waals surface area contributed by atoms with Crippen molar-refractivity contribution in [3.05, 3.63) is 60.9 Å². The number of anilines is 2. The highest BCUT2D eigenvalue weighted by atomic mass is 32.2. The number of hydrogen-bond acceptors (Lipinski definition) is 5. The molecule has 3 aromatic rings. The number of rotatable bonds is 4. The number of fused-ring (bicyclic) bond motifs is 1. The van der Waals surface area contributed by atoms with Crippen LogP contribution in [0.15, 0.2) is 66.1 Å². The number of benzene rings is 2. The van der Waals surface area contributed by atoms with E-state index in [-0.39, 0.29) is 30.0 Å². The smallest absolute Gasteiger partial charge is 0.237 e. The molecular formula is C20H19N5O2S. The number of aromatic nitrogens is 3. The van der Waals surface area contributed by atoms with Crippen molar-refractivity contribution in [1.82, 2.24) is 14.8 Å². The Morgan fingerprint density at radius 1 is 1.18 bits per heavy atom. The van der Waals surface area contributed by atoms with Crippen molar-refractivity contribution in [2.24, 2.45) is 0 Å². The first-order chi connectivity index (χ1) is 13.6. The molecule has 7 nitrogen and oxygen atoms in total. The number of nitrogens with zero attached hydrogens (tertiary/aromatic N) is 4. The summed E-state index contributed by atoms with van der Waals surface area (Å²) < 4.78 is 1.68. The Kier molecular flexibility index (Phi) is 5.12. The van der Waals surface area contributed by atoms with Gasteiger partial charge in [-0.25, -0.2) is 9.67 Å². The van der Waals surface area contributed by atoms with Crippen LogP contribution in [-0.4, -0.2) is 38.4 Å². The maximum absolute atomic E-state index is 13.0. The summed E-state index contributed by atoms with van der Waals surface area (Å²) in [7, 11) is 0. The van der Waals surface area contributed by atoms with E-state index in [9.17, 15) is 9.59 Å². The van der Waals surface area contributed by atoms with Crippen LogP contribution < -0.4 is 10.2 Å². The summed E-state index contributed by atoms with van der Waals surface area (Å²) in [5, 5.41) is 7.82. The largest absolute Gasteiger partial charge is 0.324 e. The highest BCUT2D eigenvalue weighted by Gasteiger charge is 2.29. The van der Waals surface area contributed by atoms with Crippen LogP contribution in [0.5, 0.6) is 0 Å². The van der Waals surface area contributed by atoms with Crippen molar-refractivity contribution in [3.8, 4) is 5.69 Å². The SMILES string of the molecule is CC1CC(=O)Nc2ccccc2N1C(=O)CSc1ncn(-c2ccccc2)n1. The van der Waals surface area contributed by atoms with Gasteiger partial charge in [-0.2, -0.15) is 0 Å². The van der Waals surface area contributed by atoms with Gasteiger partial charge in [-0.3, -0.25) is 9.59 Å². The molecule has 1 aliphatic heterocycles. The highest BCUT2D eigenvalue weighted by molar-refractivity contribution is 7.99. The number of hydrogen-bond donors (Lipinski definition) is 1. The predicted octanol–water partition coefficient (Wildman–Crippen LogP) is 3.12. The number of nitrogens with one attached hydrogen (secondary N) is 1. The van der Waals surface area contributed by atoms with E-state index in [0.717, 1.165) is 5.69 Å². The molecule has 1 N–H and O–H groups in total. The molecule has 1 atom stereocenters. The standard InChI is InChI=1S/C20H19N5O2S/c1-14-11-18(26)22-16-9-5-6-10-17(16)25(14)19(27)12-28-20-21-13-24(23-20)15-7-3-2-4-8-15/h2-10,13-14H,11-12H2,1H3,(H,22,26). The average molecular weight is 393 g/mol. The zero-order chi connectivity index (χ0) is 19.5. The molecule has 2 amide bonds. The van der Waals surface area contributed by atoms with Gasteiger partial charge < -0.3 is 10.2 Å². The number of para-hydroxylation sites is 3. The van der Waals surface area contributed by atoms with Gasteiger partial charge in [-0.15, -0.1) is 5.10 Å². The fraction of sp³-hybridized carbons (Fsp3) is 0.200. The van der Waals surface area contributed by atoms with Gasteiger partial charge in [0.05, 0.1) is 22.8 Å². The second-order valence-corrected chi connectivity index (χ2v) is 7.42. The van der Waals surface area contributed by atoms with Crippen LogP contribution in [0.3, 0.4) is 0 Å². The predicted molar refractivity (Wildman–Crippen MR) is 109 cm³/mol. The zero-order valence-corrected chi connectivity index (χ0v) is 16.1. The molecule has 0 fully saturated rings. The molecule has 0 saturated carbocycles. The normalized spacial score (nSPS) is 16.2. The topological polar surface area (TPSA) is 80.1 Å². The van der Waals surface area contributed by atoms with Gasteiger partial charge in [-0.05, 0) is 31.2 Å². The number of amides is 2. The third-order valence-electron chi connectivity index (χ3n) is 4.44. The molecule has 8 heteroatoms. The van der Waals surface area contributed by atoms with Gasteiger partial charge in [0.15, 0.2) is 0 Å². The molecule has 2 aromatic carbocycles. The maximum atomic E-state index is 13.0. The first-order valence-corrected chi connectivity index (χ1v) is 9.91. The molecule has 28 heavy (non-hydrogen) atoms. The van der Waals surface area contributed by atoms with Crippen LogP contribution in [0.1, 0.15) is 13.3 Å². The second kappa shape index (κ2) is 7.85. The summed E-state index contributed by atoms with van der Waals surface area (Å²) in [4.78, 5) is 31.0. The fourth-order valence-corrected chi connectivity index (χ4v) is 3.84. The summed E-state index contributed by atoms with van der Waals surface area (Å²) >= 11 is 1.28. The molecule has 0 spiro atoms. The maximum Gasteiger partial charge on any atom is 0.237 e. The molecule has 4 rings (SSSR count). The number of carbonyl (C=O) groups is 2. The first-order valence-electron chi connectivity index (χ1n) is 8.92. The third kappa shape index (κ3) is 3.77. The molecule has 0 aliphatic carbocycles. The van der Waals surface area contributed by atoms with Gasteiger partial charge in [0.2, 0.25) is 17.0 Å². The van der Waals surface area contributed by atoms with E-state index in [2.05, 4.69) is 15.4 Å². The van der Waals surface area contributed by atoms with E-state index in [1.165, 1.54) is 11.8 Å². The Balaban J connectivity index is 1.49. The lowest BCUT2D eigenvalue weighted by Gasteiger charge is -2.27. The molecular weight excluding hydrogens is 374 g/mol. The molecule has 1 unspecified atom stereocenters. The Morgan fingerprint density at radius 3 is 2.75 bits per heavy atom. The van der Waals surface area contributed by atoms with Crippen molar-refractivity contribution in [2.75, 3.05) is 16.0 Å². The second-order valence-electron chi connectivity index (χ2n) is 6.48. The fourth-order valence-electron chi connectivity index (χ4n) is 3.18.